The van der Waals surface area contributed by atoms with Gasteiger partial charge in [-0.15, -0.1) is 0 Å². The predicted molar refractivity (Wildman–Crippen MR) is 104 cm³/mol. The van der Waals surface area contributed by atoms with E-state index in [1.54, 1.807) is 6.07 Å². The van der Waals surface area contributed by atoms with Crippen molar-refractivity contribution in [3.05, 3.63) is 84.4 Å². The largest absolute Gasteiger partial charge is 0.508 e. The van der Waals surface area contributed by atoms with Crippen LogP contribution >= 0.6 is 11.8 Å². The Morgan fingerprint density at radius 2 is 1.56 bits per heavy atom. The second-order valence-electron chi connectivity index (χ2n) is 5.58. The highest BCUT2D eigenvalue weighted by molar-refractivity contribution is 7.99. The lowest BCUT2D eigenvalue weighted by Gasteiger charge is -2.11. The van der Waals surface area contributed by atoms with Crippen LogP contribution in [0.1, 0.15) is 10.4 Å². The van der Waals surface area contributed by atoms with Gasteiger partial charge in [-0.25, -0.2) is 4.79 Å². The molecule has 3 rings (SSSR count). The fourth-order valence-electron chi connectivity index (χ4n) is 2.27. The van der Waals surface area contributed by atoms with Crippen molar-refractivity contribution in [3.63, 3.8) is 0 Å². The third-order valence-electron chi connectivity index (χ3n) is 3.57. The van der Waals surface area contributed by atoms with Gasteiger partial charge in [-0.05, 0) is 48.5 Å². The molecule has 0 aromatic heterocycles. The highest BCUT2D eigenvalue weighted by Gasteiger charge is 2.12. The summed E-state index contributed by atoms with van der Waals surface area (Å²) >= 11 is 1.53. The zero-order chi connectivity index (χ0) is 19.1. The van der Waals surface area contributed by atoms with Crippen LogP contribution in [-0.2, 0) is 9.53 Å². The van der Waals surface area contributed by atoms with Crippen molar-refractivity contribution in [2.75, 3.05) is 11.9 Å². The second-order valence-corrected chi connectivity index (χ2v) is 6.70. The molecule has 0 aliphatic rings. The topological polar surface area (TPSA) is 75.6 Å². The molecule has 5 nitrogen and oxygen atoms in total. The quantitative estimate of drug-likeness (QED) is 0.623. The van der Waals surface area contributed by atoms with Crippen LogP contribution in [0, 0.1) is 0 Å². The number of benzene rings is 3. The van der Waals surface area contributed by atoms with Crippen LogP contribution in [0.3, 0.4) is 0 Å². The Hall–Kier alpha value is -3.25. The Kier molecular flexibility index (Phi) is 6.12. The van der Waals surface area contributed by atoms with Crippen molar-refractivity contribution in [2.24, 2.45) is 0 Å². The molecule has 0 spiro atoms. The van der Waals surface area contributed by atoms with Gasteiger partial charge in [0.1, 0.15) is 5.75 Å². The highest BCUT2D eigenvalue weighted by atomic mass is 32.2. The van der Waals surface area contributed by atoms with Crippen molar-refractivity contribution in [3.8, 4) is 5.75 Å². The zero-order valence-corrected chi connectivity index (χ0v) is 15.1. The van der Waals surface area contributed by atoms with Crippen molar-refractivity contribution < 1.29 is 19.4 Å². The summed E-state index contributed by atoms with van der Waals surface area (Å²) in [6.07, 6.45) is 0. The van der Waals surface area contributed by atoms with Crippen LogP contribution in [-0.4, -0.2) is 23.6 Å². The number of carbonyl (C=O) groups is 2. The molecule has 0 saturated heterocycles. The molecular formula is C21H17NO4S. The summed E-state index contributed by atoms with van der Waals surface area (Å²) in [6.45, 7) is -0.399. The third kappa shape index (κ3) is 5.36. The van der Waals surface area contributed by atoms with Gasteiger partial charge in [-0.2, -0.15) is 0 Å². The molecule has 0 fully saturated rings. The summed E-state index contributed by atoms with van der Waals surface area (Å²) < 4.78 is 5.02. The number of phenolic OH excluding ortho intramolecular Hbond substituents is 1. The average molecular weight is 379 g/mol. The SMILES string of the molecule is O=C(COC(=O)c1ccc(O)cc1)Nc1ccccc1Sc1ccccc1. The lowest BCUT2D eigenvalue weighted by molar-refractivity contribution is -0.119. The van der Waals surface area contributed by atoms with Gasteiger partial charge in [-0.1, -0.05) is 42.1 Å². The molecule has 0 radical (unpaired) electrons. The Morgan fingerprint density at radius 3 is 2.30 bits per heavy atom. The van der Waals surface area contributed by atoms with Gasteiger partial charge in [0.2, 0.25) is 0 Å². The third-order valence-corrected chi connectivity index (χ3v) is 4.65. The maximum Gasteiger partial charge on any atom is 0.338 e. The minimum absolute atomic E-state index is 0.0526. The molecule has 27 heavy (non-hydrogen) atoms. The van der Waals surface area contributed by atoms with Crippen molar-refractivity contribution in [1.29, 1.82) is 0 Å². The number of carbonyl (C=O) groups excluding carboxylic acids is 2. The highest BCUT2D eigenvalue weighted by Crippen LogP contribution is 2.33. The molecule has 3 aromatic carbocycles. The minimum Gasteiger partial charge on any atom is -0.508 e. The number of esters is 1. The molecule has 0 unspecified atom stereocenters. The first-order valence-electron chi connectivity index (χ1n) is 8.20. The lowest BCUT2D eigenvalue weighted by Crippen LogP contribution is -2.21. The maximum atomic E-state index is 12.2. The van der Waals surface area contributed by atoms with E-state index in [4.69, 9.17) is 4.74 Å². The first kappa shape index (κ1) is 18.5. The number of phenols is 1. The van der Waals surface area contributed by atoms with Crippen molar-refractivity contribution in [2.45, 2.75) is 9.79 Å². The average Bonchev–Trinajstić information content (AvgIpc) is 2.69. The fraction of sp³-hybridized carbons (Fsp3) is 0.0476. The number of hydrogen-bond acceptors (Lipinski definition) is 5. The number of ether oxygens (including phenoxy) is 1. The summed E-state index contributed by atoms with van der Waals surface area (Å²) in [7, 11) is 0. The van der Waals surface area contributed by atoms with E-state index in [9.17, 15) is 14.7 Å². The maximum absolute atomic E-state index is 12.2. The van der Waals surface area contributed by atoms with Gasteiger partial charge in [0.05, 0.1) is 11.3 Å². The van der Waals surface area contributed by atoms with E-state index in [1.165, 1.54) is 36.0 Å². The van der Waals surface area contributed by atoms with Crippen LogP contribution < -0.4 is 5.32 Å². The molecule has 3 aromatic rings. The minimum atomic E-state index is -0.628. The first-order chi connectivity index (χ1) is 13.1. The zero-order valence-electron chi connectivity index (χ0n) is 14.3. The first-order valence-corrected chi connectivity index (χ1v) is 9.01. The van der Waals surface area contributed by atoms with Crippen LogP contribution in [0.5, 0.6) is 5.75 Å². The summed E-state index contributed by atoms with van der Waals surface area (Å²) in [4.78, 5) is 26.0. The molecule has 136 valence electrons. The molecule has 6 heteroatoms. The van der Waals surface area contributed by atoms with Crippen LogP contribution in [0.2, 0.25) is 0 Å². The summed E-state index contributed by atoms with van der Waals surface area (Å²) in [6, 6.07) is 22.9. The predicted octanol–water partition coefficient (Wildman–Crippen LogP) is 4.34. The summed E-state index contributed by atoms with van der Waals surface area (Å²) in [5.74, 6) is -1.00. The molecule has 1 amide bonds. The summed E-state index contributed by atoms with van der Waals surface area (Å²) in [5, 5.41) is 12.0. The molecule has 0 atom stereocenters. The van der Waals surface area contributed by atoms with Crippen molar-refractivity contribution in [1.82, 2.24) is 0 Å². The smallest absolute Gasteiger partial charge is 0.338 e. The number of aromatic hydroxyl groups is 1. The number of anilines is 1. The van der Waals surface area contributed by atoms with E-state index >= 15 is 0 Å². The summed E-state index contributed by atoms with van der Waals surface area (Å²) in [5.41, 5.74) is 0.915. The van der Waals surface area contributed by atoms with Gasteiger partial charge >= 0.3 is 5.97 Å². The fourth-order valence-corrected chi connectivity index (χ4v) is 3.20. The number of rotatable bonds is 6. The van der Waals surface area contributed by atoms with Crippen LogP contribution in [0.25, 0.3) is 0 Å². The van der Waals surface area contributed by atoms with Gasteiger partial charge < -0.3 is 15.2 Å². The normalized spacial score (nSPS) is 10.2. The Bertz CT molecular complexity index is 926. The number of amides is 1. The van der Waals surface area contributed by atoms with Gasteiger partial charge in [0.15, 0.2) is 6.61 Å². The molecule has 0 heterocycles. The van der Waals surface area contributed by atoms with Gasteiger partial charge in [0, 0.05) is 9.79 Å². The standard InChI is InChI=1S/C21H17NO4S/c23-16-12-10-15(11-13-16)21(25)26-14-20(24)22-18-8-4-5-9-19(18)27-17-6-2-1-3-7-17/h1-13,23H,14H2,(H,22,24). The van der Waals surface area contributed by atoms with Crippen LogP contribution in [0.15, 0.2) is 88.7 Å². The molecule has 0 saturated carbocycles. The Balaban J connectivity index is 1.59. The van der Waals surface area contributed by atoms with Crippen LogP contribution in [0.4, 0.5) is 5.69 Å². The van der Waals surface area contributed by atoms with E-state index in [-0.39, 0.29) is 11.3 Å². The number of nitrogens with one attached hydrogen (secondary N) is 1. The van der Waals surface area contributed by atoms with Crippen molar-refractivity contribution >= 4 is 29.3 Å². The van der Waals surface area contributed by atoms with E-state index in [0.717, 1.165) is 9.79 Å². The monoisotopic (exact) mass is 379 g/mol. The number of hydrogen-bond donors (Lipinski definition) is 2. The van der Waals surface area contributed by atoms with Gasteiger partial charge in [0.25, 0.3) is 5.91 Å². The lowest BCUT2D eigenvalue weighted by atomic mass is 10.2. The Labute approximate surface area is 161 Å². The Morgan fingerprint density at radius 1 is 0.889 bits per heavy atom. The molecule has 2 N–H and O–H groups in total. The number of para-hydroxylation sites is 1. The second kappa shape index (κ2) is 8.91. The van der Waals surface area contributed by atoms with Gasteiger partial charge in [-0.3, -0.25) is 4.79 Å². The molecule has 0 bridgehead atoms. The molecule has 0 aliphatic carbocycles. The van der Waals surface area contributed by atoms with E-state index < -0.39 is 18.5 Å². The van der Waals surface area contributed by atoms with E-state index in [0.29, 0.717) is 5.69 Å². The molecular weight excluding hydrogens is 362 g/mol. The van der Waals surface area contributed by atoms with E-state index in [1.807, 2.05) is 48.5 Å². The van der Waals surface area contributed by atoms with E-state index in [2.05, 4.69) is 5.32 Å². The molecule has 0 aliphatic heterocycles.